The number of nitrogens with one attached hydrogen (secondary N) is 1. The molecule has 0 amide bonds. The van der Waals surface area contributed by atoms with E-state index >= 15 is 0 Å². The van der Waals surface area contributed by atoms with Crippen molar-refractivity contribution in [3.05, 3.63) is 0 Å². The van der Waals surface area contributed by atoms with Crippen molar-refractivity contribution in [1.29, 1.82) is 0 Å². The van der Waals surface area contributed by atoms with Crippen molar-refractivity contribution in [2.24, 2.45) is 0 Å². The second-order valence-electron chi connectivity index (χ2n) is 4.11. The molecular formula is C11H23N3S. The highest BCUT2D eigenvalue weighted by Crippen LogP contribution is 2.14. The van der Waals surface area contributed by atoms with Gasteiger partial charge in [0.15, 0.2) is 5.11 Å². The van der Waals surface area contributed by atoms with Crippen LogP contribution in [-0.4, -0.2) is 54.2 Å². The molecule has 0 radical (unpaired) electrons. The Bertz CT molecular complexity index is 200. The average Bonchev–Trinajstić information content (AvgIpc) is 2.28. The van der Waals surface area contributed by atoms with E-state index < -0.39 is 0 Å². The van der Waals surface area contributed by atoms with Crippen molar-refractivity contribution in [2.45, 2.75) is 32.7 Å². The number of piperidine rings is 1. The number of hydrogen-bond donors (Lipinski definition) is 1. The maximum absolute atomic E-state index is 5.32. The molecular weight excluding hydrogens is 206 g/mol. The SMILES string of the molecule is CCNC(=S)N(C)C1CCN(CC)CC1. The zero-order valence-electron chi connectivity index (χ0n) is 10.1. The minimum Gasteiger partial charge on any atom is -0.363 e. The summed E-state index contributed by atoms with van der Waals surface area (Å²) in [4.78, 5) is 4.73. The second-order valence-corrected chi connectivity index (χ2v) is 4.50. The summed E-state index contributed by atoms with van der Waals surface area (Å²) >= 11 is 5.32. The fraction of sp³-hybridized carbons (Fsp3) is 0.909. The normalized spacial score (nSPS) is 18.9. The minimum absolute atomic E-state index is 0.624. The predicted octanol–water partition coefficient (Wildman–Crippen LogP) is 1.30. The van der Waals surface area contributed by atoms with E-state index in [1.807, 2.05) is 0 Å². The van der Waals surface area contributed by atoms with Crippen molar-refractivity contribution in [2.75, 3.05) is 33.2 Å². The summed E-state index contributed by atoms with van der Waals surface area (Å²) < 4.78 is 0. The Morgan fingerprint density at radius 3 is 2.47 bits per heavy atom. The molecule has 0 aromatic rings. The van der Waals surface area contributed by atoms with Crippen molar-refractivity contribution < 1.29 is 0 Å². The van der Waals surface area contributed by atoms with Crippen LogP contribution >= 0.6 is 12.2 Å². The smallest absolute Gasteiger partial charge is 0.168 e. The van der Waals surface area contributed by atoms with Gasteiger partial charge in [0.05, 0.1) is 0 Å². The maximum atomic E-state index is 5.32. The lowest BCUT2D eigenvalue weighted by Crippen LogP contribution is -2.48. The Morgan fingerprint density at radius 1 is 1.40 bits per heavy atom. The van der Waals surface area contributed by atoms with Gasteiger partial charge in [-0.1, -0.05) is 6.92 Å². The van der Waals surface area contributed by atoms with Crippen LogP contribution in [-0.2, 0) is 0 Å². The molecule has 0 bridgehead atoms. The third-order valence-corrected chi connectivity index (χ3v) is 3.63. The molecule has 0 aromatic carbocycles. The highest BCUT2D eigenvalue weighted by molar-refractivity contribution is 7.80. The average molecular weight is 229 g/mol. The van der Waals surface area contributed by atoms with Crippen molar-refractivity contribution in [3.63, 3.8) is 0 Å². The van der Waals surface area contributed by atoms with Gasteiger partial charge in [-0.2, -0.15) is 0 Å². The number of rotatable bonds is 3. The van der Waals surface area contributed by atoms with Crippen LogP contribution < -0.4 is 5.32 Å². The molecule has 0 atom stereocenters. The van der Waals surface area contributed by atoms with Crippen LogP contribution in [0.4, 0.5) is 0 Å². The molecule has 1 aliphatic heterocycles. The monoisotopic (exact) mass is 229 g/mol. The topological polar surface area (TPSA) is 18.5 Å². The van der Waals surface area contributed by atoms with Crippen LogP contribution in [0.15, 0.2) is 0 Å². The van der Waals surface area contributed by atoms with E-state index in [9.17, 15) is 0 Å². The van der Waals surface area contributed by atoms with Crippen molar-refractivity contribution in [1.82, 2.24) is 15.1 Å². The Morgan fingerprint density at radius 2 is 2.00 bits per heavy atom. The summed E-state index contributed by atoms with van der Waals surface area (Å²) in [6.07, 6.45) is 2.46. The van der Waals surface area contributed by atoms with Crippen LogP contribution in [0.3, 0.4) is 0 Å². The van der Waals surface area contributed by atoms with E-state index in [4.69, 9.17) is 12.2 Å². The lowest BCUT2D eigenvalue weighted by Gasteiger charge is -2.37. The van der Waals surface area contributed by atoms with Gasteiger partial charge in [0.2, 0.25) is 0 Å². The molecule has 0 aliphatic carbocycles. The molecule has 1 rings (SSSR count). The molecule has 1 saturated heterocycles. The first-order valence-electron chi connectivity index (χ1n) is 5.92. The number of hydrogen-bond acceptors (Lipinski definition) is 2. The van der Waals surface area contributed by atoms with Gasteiger partial charge >= 0.3 is 0 Å². The zero-order chi connectivity index (χ0) is 11.3. The van der Waals surface area contributed by atoms with Gasteiger partial charge in [-0.25, -0.2) is 0 Å². The highest BCUT2D eigenvalue weighted by Gasteiger charge is 2.22. The summed E-state index contributed by atoms with van der Waals surface area (Å²) in [5, 5.41) is 4.11. The first kappa shape index (κ1) is 12.7. The lowest BCUT2D eigenvalue weighted by atomic mass is 10.0. The Balaban J connectivity index is 2.35. The lowest BCUT2D eigenvalue weighted by molar-refractivity contribution is 0.171. The zero-order valence-corrected chi connectivity index (χ0v) is 10.9. The van der Waals surface area contributed by atoms with Crippen molar-refractivity contribution in [3.8, 4) is 0 Å². The van der Waals surface area contributed by atoms with Gasteiger partial charge in [0.1, 0.15) is 0 Å². The van der Waals surface area contributed by atoms with Crippen LogP contribution in [0.2, 0.25) is 0 Å². The molecule has 1 heterocycles. The molecule has 0 aromatic heterocycles. The second kappa shape index (κ2) is 6.28. The molecule has 0 spiro atoms. The third-order valence-electron chi connectivity index (χ3n) is 3.20. The van der Waals surface area contributed by atoms with Crippen LogP contribution in [0.5, 0.6) is 0 Å². The van der Waals surface area contributed by atoms with Gasteiger partial charge in [0, 0.05) is 32.7 Å². The largest absolute Gasteiger partial charge is 0.363 e. The molecule has 4 heteroatoms. The number of nitrogens with zero attached hydrogens (tertiary/aromatic N) is 2. The predicted molar refractivity (Wildman–Crippen MR) is 69.2 cm³/mol. The quantitative estimate of drug-likeness (QED) is 0.735. The van der Waals surface area contributed by atoms with E-state index in [2.05, 4.69) is 36.0 Å². The van der Waals surface area contributed by atoms with E-state index in [1.165, 1.54) is 32.5 Å². The van der Waals surface area contributed by atoms with Gasteiger partial charge in [-0.15, -0.1) is 0 Å². The summed E-state index contributed by atoms with van der Waals surface area (Å²) in [7, 11) is 2.11. The summed E-state index contributed by atoms with van der Waals surface area (Å²) in [5.41, 5.74) is 0. The van der Waals surface area contributed by atoms with Crippen LogP contribution in [0.25, 0.3) is 0 Å². The Labute approximate surface area is 98.8 Å². The van der Waals surface area contributed by atoms with Gasteiger partial charge < -0.3 is 15.1 Å². The number of thiocarbonyl (C=S) groups is 1. The Kier molecular flexibility index (Phi) is 5.32. The standard InChI is InChI=1S/C11H23N3S/c1-4-12-11(15)13(3)10-6-8-14(5-2)9-7-10/h10H,4-9H2,1-3H3,(H,12,15). The van der Waals surface area contributed by atoms with Crippen LogP contribution in [0, 0.1) is 0 Å². The third kappa shape index (κ3) is 3.61. The molecule has 0 unspecified atom stereocenters. The van der Waals surface area contributed by atoms with Gasteiger partial charge in [0.25, 0.3) is 0 Å². The molecule has 1 aliphatic rings. The van der Waals surface area contributed by atoms with E-state index in [0.29, 0.717) is 6.04 Å². The van der Waals surface area contributed by atoms with E-state index in [-0.39, 0.29) is 0 Å². The molecule has 3 nitrogen and oxygen atoms in total. The van der Waals surface area contributed by atoms with Crippen LogP contribution in [0.1, 0.15) is 26.7 Å². The molecule has 88 valence electrons. The highest BCUT2D eigenvalue weighted by atomic mass is 32.1. The van der Waals surface area contributed by atoms with Crippen molar-refractivity contribution >= 4 is 17.3 Å². The fourth-order valence-corrected chi connectivity index (χ4v) is 2.36. The molecule has 15 heavy (non-hydrogen) atoms. The van der Waals surface area contributed by atoms with E-state index in [1.54, 1.807) is 0 Å². The molecule has 1 fully saturated rings. The molecule has 1 N–H and O–H groups in total. The van der Waals surface area contributed by atoms with Gasteiger partial charge in [-0.05, 0) is 38.5 Å². The minimum atomic E-state index is 0.624. The van der Waals surface area contributed by atoms with E-state index in [0.717, 1.165) is 11.7 Å². The summed E-state index contributed by atoms with van der Waals surface area (Å²) in [6, 6.07) is 0.624. The first-order chi connectivity index (χ1) is 7.19. The maximum Gasteiger partial charge on any atom is 0.168 e. The summed E-state index contributed by atoms with van der Waals surface area (Å²) in [5.74, 6) is 0. The fourth-order valence-electron chi connectivity index (χ4n) is 2.06. The Hall–Kier alpha value is -0.350. The number of likely N-dealkylation sites (tertiary alicyclic amines) is 1. The summed E-state index contributed by atoms with van der Waals surface area (Å²) in [6.45, 7) is 8.82. The first-order valence-corrected chi connectivity index (χ1v) is 6.32. The van der Waals surface area contributed by atoms with Gasteiger partial charge in [-0.3, -0.25) is 0 Å². The molecule has 0 saturated carbocycles.